The molecule has 0 saturated heterocycles. The monoisotopic (exact) mass is 295 g/mol. The van der Waals surface area contributed by atoms with E-state index < -0.39 is 11.2 Å². The Kier molecular flexibility index (Phi) is 4.70. The van der Waals surface area contributed by atoms with Crippen molar-refractivity contribution in [1.82, 2.24) is 4.98 Å². The molecule has 2 N–H and O–H groups in total. The minimum absolute atomic E-state index is 0.224. The lowest BCUT2D eigenvalue weighted by molar-refractivity contribution is 0.113. The van der Waals surface area contributed by atoms with Crippen LogP contribution >= 0.6 is 11.6 Å². The molecule has 0 aliphatic rings. The maximum absolute atomic E-state index is 14.0. The van der Waals surface area contributed by atoms with Crippen molar-refractivity contribution in [1.29, 1.82) is 0 Å². The lowest BCUT2D eigenvalue weighted by Crippen LogP contribution is -2.38. The van der Waals surface area contributed by atoms with E-state index in [-0.39, 0.29) is 25.2 Å². The van der Waals surface area contributed by atoms with E-state index in [1.807, 2.05) is 0 Å². The van der Waals surface area contributed by atoms with Gasteiger partial charge >= 0.3 is 0 Å². The van der Waals surface area contributed by atoms with Crippen LogP contribution < -0.4 is 0 Å². The number of hydrogen-bond acceptors (Lipinski definition) is 3. The second-order valence-electron chi connectivity index (χ2n) is 4.72. The molecular formula is C15H15ClFNO2. The van der Waals surface area contributed by atoms with Crippen molar-refractivity contribution in [3.8, 4) is 0 Å². The smallest absolute Gasteiger partial charge is 0.127 e. The Morgan fingerprint density at radius 3 is 2.45 bits per heavy atom. The highest BCUT2D eigenvalue weighted by Crippen LogP contribution is 2.31. The highest BCUT2D eigenvalue weighted by atomic mass is 35.5. The fraction of sp³-hybridized carbons (Fsp3) is 0.267. The van der Waals surface area contributed by atoms with Crippen molar-refractivity contribution in [2.45, 2.75) is 11.8 Å². The van der Waals surface area contributed by atoms with Crippen LogP contribution in [0.15, 0.2) is 42.7 Å². The van der Waals surface area contributed by atoms with Gasteiger partial charge in [0.1, 0.15) is 5.82 Å². The largest absolute Gasteiger partial charge is 0.395 e. The highest BCUT2D eigenvalue weighted by Gasteiger charge is 2.34. The molecule has 0 atom stereocenters. The van der Waals surface area contributed by atoms with Gasteiger partial charge in [0, 0.05) is 17.8 Å². The summed E-state index contributed by atoms with van der Waals surface area (Å²) in [7, 11) is 0. The molecule has 0 saturated carbocycles. The highest BCUT2D eigenvalue weighted by molar-refractivity contribution is 6.31. The number of aliphatic hydroxyl groups is 2. The first-order valence-electron chi connectivity index (χ1n) is 6.18. The van der Waals surface area contributed by atoms with Crippen LogP contribution in [0.25, 0.3) is 0 Å². The Bertz CT molecular complexity index is 588. The van der Waals surface area contributed by atoms with Crippen LogP contribution in [0.4, 0.5) is 4.39 Å². The van der Waals surface area contributed by atoms with E-state index in [4.69, 9.17) is 11.6 Å². The van der Waals surface area contributed by atoms with Gasteiger partial charge < -0.3 is 10.2 Å². The minimum Gasteiger partial charge on any atom is -0.395 e. The zero-order valence-electron chi connectivity index (χ0n) is 10.8. The van der Waals surface area contributed by atoms with E-state index in [0.717, 1.165) is 0 Å². The molecule has 0 radical (unpaired) electrons. The Morgan fingerprint density at radius 1 is 1.15 bits per heavy atom. The SMILES string of the molecule is OCC(CO)(Cc1ccncc1Cl)c1ccccc1F. The van der Waals surface area contributed by atoms with Crippen molar-refractivity contribution in [3.63, 3.8) is 0 Å². The molecule has 0 bridgehead atoms. The van der Waals surface area contributed by atoms with Crippen molar-refractivity contribution >= 4 is 11.6 Å². The standard InChI is InChI=1S/C15H15ClFNO2/c16-13-8-18-6-5-11(13)7-15(9-19,10-20)12-3-1-2-4-14(12)17/h1-6,8,19-20H,7,9-10H2. The third kappa shape index (κ3) is 2.82. The van der Waals surface area contributed by atoms with E-state index in [1.54, 1.807) is 30.5 Å². The lowest BCUT2D eigenvalue weighted by Gasteiger charge is -2.31. The lowest BCUT2D eigenvalue weighted by atomic mass is 9.76. The third-order valence-corrected chi connectivity index (χ3v) is 3.78. The van der Waals surface area contributed by atoms with Gasteiger partial charge in [0.25, 0.3) is 0 Å². The first-order valence-corrected chi connectivity index (χ1v) is 6.56. The number of benzene rings is 1. The van der Waals surface area contributed by atoms with Crippen LogP contribution in [0.1, 0.15) is 11.1 Å². The molecule has 0 amide bonds. The predicted molar refractivity (Wildman–Crippen MR) is 75.2 cm³/mol. The molecule has 5 heteroatoms. The summed E-state index contributed by atoms with van der Waals surface area (Å²) in [5.41, 5.74) is -0.137. The maximum Gasteiger partial charge on any atom is 0.127 e. The number of rotatable bonds is 5. The molecule has 1 heterocycles. The molecular weight excluding hydrogens is 281 g/mol. The minimum atomic E-state index is -1.11. The van der Waals surface area contributed by atoms with Gasteiger partial charge in [-0.05, 0) is 29.7 Å². The van der Waals surface area contributed by atoms with Gasteiger partial charge in [-0.2, -0.15) is 0 Å². The molecule has 20 heavy (non-hydrogen) atoms. The summed E-state index contributed by atoms with van der Waals surface area (Å²) in [5, 5.41) is 19.9. The fourth-order valence-corrected chi connectivity index (χ4v) is 2.42. The van der Waals surface area contributed by atoms with Crippen molar-refractivity contribution < 1.29 is 14.6 Å². The normalized spacial score (nSPS) is 11.6. The van der Waals surface area contributed by atoms with Gasteiger partial charge in [-0.15, -0.1) is 0 Å². The number of hydrogen-bond donors (Lipinski definition) is 2. The Hall–Kier alpha value is -1.49. The molecule has 1 aromatic heterocycles. The van der Waals surface area contributed by atoms with Gasteiger partial charge in [0.2, 0.25) is 0 Å². The maximum atomic E-state index is 14.0. The van der Waals surface area contributed by atoms with Gasteiger partial charge in [-0.25, -0.2) is 4.39 Å². The summed E-state index contributed by atoms with van der Waals surface area (Å²) < 4.78 is 14.0. The number of aliphatic hydroxyl groups excluding tert-OH is 2. The topological polar surface area (TPSA) is 53.4 Å². The van der Waals surface area contributed by atoms with E-state index in [0.29, 0.717) is 10.6 Å². The van der Waals surface area contributed by atoms with E-state index in [9.17, 15) is 14.6 Å². The molecule has 3 nitrogen and oxygen atoms in total. The van der Waals surface area contributed by atoms with Crippen molar-refractivity contribution in [2.24, 2.45) is 0 Å². The summed E-state index contributed by atoms with van der Waals surface area (Å²) in [6.07, 6.45) is 3.28. The third-order valence-electron chi connectivity index (χ3n) is 3.44. The van der Waals surface area contributed by atoms with Crippen LogP contribution in [-0.4, -0.2) is 28.4 Å². The average molecular weight is 296 g/mol. The molecule has 0 spiro atoms. The Labute approximate surface area is 121 Å². The van der Waals surface area contributed by atoms with Crippen LogP contribution in [0, 0.1) is 5.82 Å². The van der Waals surface area contributed by atoms with Crippen LogP contribution in [-0.2, 0) is 11.8 Å². The first kappa shape index (κ1) is 14.9. The van der Waals surface area contributed by atoms with Crippen molar-refractivity contribution in [2.75, 3.05) is 13.2 Å². The van der Waals surface area contributed by atoms with E-state index in [2.05, 4.69) is 4.98 Å². The second-order valence-corrected chi connectivity index (χ2v) is 5.13. The van der Waals surface area contributed by atoms with E-state index >= 15 is 0 Å². The zero-order chi connectivity index (χ0) is 14.6. The average Bonchev–Trinajstić information content (AvgIpc) is 2.48. The van der Waals surface area contributed by atoms with Crippen LogP contribution in [0.5, 0.6) is 0 Å². The van der Waals surface area contributed by atoms with Gasteiger partial charge in [0.05, 0.1) is 18.2 Å². The van der Waals surface area contributed by atoms with Gasteiger partial charge in [-0.1, -0.05) is 29.8 Å². The van der Waals surface area contributed by atoms with Crippen molar-refractivity contribution in [3.05, 3.63) is 64.7 Å². The second kappa shape index (κ2) is 6.31. The number of halogens is 2. The molecule has 2 aromatic rings. The number of nitrogens with zero attached hydrogens (tertiary/aromatic N) is 1. The molecule has 0 aliphatic carbocycles. The predicted octanol–water partition coefficient (Wildman–Crippen LogP) is 2.34. The molecule has 106 valence electrons. The molecule has 0 aliphatic heterocycles. The quantitative estimate of drug-likeness (QED) is 0.890. The van der Waals surface area contributed by atoms with E-state index in [1.165, 1.54) is 12.3 Å². The first-order chi connectivity index (χ1) is 9.63. The molecule has 1 aromatic carbocycles. The summed E-state index contributed by atoms with van der Waals surface area (Å²) >= 11 is 6.05. The van der Waals surface area contributed by atoms with Gasteiger partial charge in [0.15, 0.2) is 0 Å². The Morgan fingerprint density at radius 2 is 1.85 bits per heavy atom. The zero-order valence-corrected chi connectivity index (χ0v) is 11.5. The summed E-state index contributed by atoms with van der Waals surface area (Å²) in [6.45, 7) is -0.772. The van der Waals surface area contributed by atoms with Gasteiger partial charge in [-0.3, -0.25) is 4.98 Å². The van der Waals surface area contributed by atoms with Crippen LogP contribution in [0.3, 0.4) is 0 Å². The fourth-order valence-electron chi connectivity index (χ4n) is 2.23. The molecule has 0 unspecified atom stereocenters. The summed E-state index contributed by atoms with van der Waals surface area (Å²) in [4.78, 5) is 3.89. The summed E-state index contributed by atoms with van der Waals surface area (Å²) in [5.74, 6) is -0.458. The summed E-state index contributed by atoms with van der Waals surface area (Å²) in [6, 6.07) is 7.81. The van der Waals surface area contributed by atoms with Crippen LogP contribution in [0.2, 0.25) is 5.02 Å². The number of pyridine rings is 1. The number of aromatic nitrogens is 1. The Balaban J connectivity index is 2.46. The molecule has 0 fully saturated rings. The molecule has 2 rings (SSSR count).